The maximum atomic E-state index is 12.8. The molecule has 8 heteroatoms. The Bertz CT molecular complexity index is 1000. The van der Waals surface area contributed by atoms with Crippen molar-refractivity contribution in [2.75, 3.05) is 18.9 Å². The number of fused-ring (bicyclic) bond motifs is 1. The van der Waals surface area contributed by atoms with E-state index in [0.717, 1.165) is 17.5 Å². The van der Waals surface area contributed by atoms with E-state index in [-0.39, 0.29) is 17.7 Å². The zero-order chi connectivity index (χ0) is 20.4. The molecule has 0 aliphatic carbocycles. The number of carbonyl (C=O) groups excluding carboxylic acids is 3. The van der Waals surface area contributed by atoms with E-state index in [9.17, 15) is 14.4 Å². The quantitative estimate of drug-likeness (QED) is 0.864. The van der Waals surface area contributed by atoms with Gasteiger partial charge in [0.05, 0.1) is 0 Å². The molecule has 0 atom stereocenters. The molecule has 2 aromatic rings. The second-order valence-corrected chi connectivity index (χ2v) is 7.09. The summed E-state index contributed by atoms with van der Waals surface area (Å²) in [4.78, 5) is 42.6. The summed E-state index contributed by atoms with van der Waals surface area (Å²) in [6.45, 7) is 1.04. The van der Waals surface area contributed by atoms with E-state index in [1.54, 1.807) is 36.3 Å². The Labute approximate surface area is 168 Å². The van der Waals surface area contributed by atoms with Gasteiger partial charge in [-0.25, -0.2) is 5.01 Å². The number of benzene rings is 1. The molecule has 1 N–H and O–H groups in total. The summed E-state index contributed by atoms with van der Waals surface area (Å²) in [6, 6.07) is 10.9. The zero-order valence-corrected chi connectivity index (χ0v) is 16.1. The van der Waals surface area contributed by atoms with Gasteiger partial charge in [0.2, 0.25) is 5.91 Å². The minimum absolute atomic E-state index is 0.0844. The highest BCUT2D eigenvalue weighted by atomic mass is 16.2. The number of nitrogens with zero attached hydrogens (tertiary/aromatic N) is 4. The molecule has 3 heterocycles. The molecule has 0 unspecified atom stereocenters. The number of rotatable bonds is 3. The number of hydrazone groups is 1. The van der Waals surface area contributed by atoms with E-state index in [0.29, 0.717) is 43.0 Å². The molecule has 2 aliphatic rings. The summed E-state index contributed by atoms with van der Waals surface area (Å²) in [5.74, 6) is -0.504. The van der Waals surface area contributed by atoms with E-state index in [4.69, 9.17) is 0 Å². The van der Waals surface area contributed by atoms with Crippen molar-refractivity contribution in [3.05, 3.63) is 59.4 Å². The van der Waals surface area contributed by atoms with Crippen LogP contribution in [0.4, 0.5) is 5.69 Å². The Morgan fingerprint density at radius 2 is 1.93 bits per heavy atom. The molecule has 0 radical (unpaired) electrons. The number of aromatic nitrogens is 1. The molecule has 4 rings (SSSR count). The topological polar surface area (TPSA) is 95.0 Å². The van der Waals surface area contributed by atoms with Crippen LogP contribution in [0.2, 0.25) is 0 Å². The van der Waals surface area contributed by atoms with Crippen LogP contribution >= 0.6 is 0 Å². The molecule has 148 valence electrons. The molecule has 0 bridgehead atoms. The van der Waals surface area contributed by atoms with Gasteiger partial charge >= 0.3 is 0 Å². The van der Waals surface area contributed by atoms with Crippen LogP contribution in [-0.4, -0.2) is 51.9 Å². The van der Waals surface area contributed by atoms with Gasteiger partial charge in [0.1, 0.15) is 11.4 Å². The SMILES string of the molecule is CN1N=C(C(=O)N2CCc3ccc(NC(=O)c4ccccn4)cc3C2)CCC1=O. The highest BCUT2D eigenvalue weighted by Crippen LogP contribution is 2.24. The fraction of sp³-hybridized carbons (Fsp3) is 0.286. The highest BCUT2D eigenvalue weighted by Gasteiger charge is 2.28. The molecular weight excluding hydrogens is 370 g/mol. The summed E-state index contributed by atoms with van der Waals surface area (Å²) in [5.41, 5.74) is 3.56. The highest BCUT2D eigenvalue weighted by molar-refractivity contribution is 6.39. The van der Waals surface area contributed by atoms with Crippen molar-refractivity contribution >= 4 is 29.1 Å². The van der Waals surface area contributed by atoms with Crippen LogP contribution in [0.1, 0.15) is 34.5 Å². The van der Waals surface area contributed by atoms with E-state index in [1.807, 2.05) is 18.2 Å². The normalized spacial score (nSPS) is 16.2. The van der Waals surface area contributed by atoms with Crippen LogP contribution in [0.3, 0.4) is 0 Å². The Hall–Kier alpha value is -3.55. The molecule has 2 aliphatic heterocycles. The second kappa shape index (κ2) is 7.83. The smallest absolute Gasteiger partial charge is 0.274 e. The number of anilines is 1. The number of pyridine rings is 1. The molecule has 0 saturated heterocycles. The molecule has 0 spiro atoms. The fourth-order valence-corrected chi connectivity index (χ4v) is 3.51. The van der Waals surface area contributed by atoms with Crippen LogP contribution in [0.15, 0.2) is 47.7 Å². The predicted octanol–water partition coefficient (Wildman–Crippen LogP) is 1.83. The van der Waals surface area contributed by atoms with E-state index in [2.05, 4.69) is 15.4 Å². The lowest BCUT2D eigenvalue weighted by Gasteiger charge is -2.30. The van der Waals surface area contributed by atoms with Crippen LogP contribution < -0.4 is 5.32 Å². The van der Waals surface area contributed by atoms with E-state index < -0.39 is 0 Å². The summed E-state index contributed by atoms with van der Waals surface area (Å²) in [7, 11) is 1.57. The molecule has 29 heavy (non-hydrogen) atoms. The minimum Gasteiger partial charge on any atom is -0.333 e. The molecular formula is C21H21N5O3. The maximum Gasteiger partial charge on any atom is 0.274 e. The number of amides is 3. The van der Waals surface area contributed by atoms with Crippen molar-refractivity contribution in [3.63, 3.8) is 0 Å². The van der Waals surface area contributed by atoms with Gasteiger partial charge in [0.15, 0.2) is 0 Å². The summed E-state index contributed by atoms with van der Waals surface area (Å²) < 4.78 is 0. The zero-order valence-electron chi connectivity index (χ0n) is 16.1. The lowest BCUT2D eigenvalue weighted by molar-refractivity contribution is -0.130. The second-order valence-electron chi connectivity index (χ2n) is 7.09. The summed E-state index contributed by atoms with van der Waals surface area (Å²) >= 11 is 0. The molecule has 0 fully saturated rings. The third kappa shape index (κ3) is 4.01. The van der Waals surface area contributed by atoms with Crippen LogP contribution in [0.25, 0.3) is 0 Å². The minimum atomic E-state index is -0.279. The predicted molar refractivity (Wildman–Crippen MR) is 107 cm³/mol. The van der Waals surface area contributed by atoms with Crippen molar-refractivity contribution in [2.24, 2.45) is 5.10 Å². The van der Waals surface area contributed by atoms with Gasteiger partial charge in [-0.15, -0.1) is 0 Å². The van der Waals surface area contributed by atoms with Crippen molar-refractivity contribution in [1.29, 1.82) is 0 Å². The molecule has 1 aromatic carbocycles. The maximum absolute atomic E-state index is 12.8. The first-order chi connectivity index (χ1) is 14.0. The average molecular weight is 391 g/mol. The molecule has 1 aromatic heterocycles. The van der Waals surface area contributed by atoms with Gasteiger partial charge in [0, 0.05) is 44.9 Å². The van der Waals surface area contributed by atoms with Gasteiger partial charge in [-0.3, -0.25) is 19.4 Å². The van der Waals surface area contributed by atoms with E-state index >= 15 is 0 Å². The summed E-state index contributed by atoms with van der Waals surface area (Å²) in [5, 5.41) is 8.22. The Morgan fingerprint density at radius 1 is 1.07 bits per heavy atom. The van der Waals surface area contributed by atoms with Gasteiger partial charge in [-0.1, -0.05) is 12.1 Å². The third-order valence-electron chi connectivity index (χ3n) is 5.12. The van der Waals surface area contributed by atoms with Crippen molar-refractivity contribution in [2.45, 2.75) is 25.8 Å². The average Bonchev–Trinajstić information content (AvgIpc) is 2.75. The van der Waals surface area contributed by atoms with Crippen LogP contribution in [-0.2, 0) is 22.6 Å². The Morgan fingerprint density at radius 3 is 2.69 bits per heavy atom. The Balaban J connectivity index is 1.48. The van der Waals surface area contributed by atoms with Crippen molar-refractivity contribution in [1.82, 2.24) is 14.9 Å². The Kier molecular flexibility index (Phi) is 5.07. The molecule has 8 nitrogen and oxygen atoms in total. The largest absolute Gasteiger partial charge is 0.333 e. The van der Waals surface area contributed by atoms with Gasteiger partial charge in [-0.05, 0) is 41.8 Å². The van der Waals surface area contributed by atoms with Crippen LogP contribution in [0.5, 0.6) is 0 Å². The van der Waals surface area contributed by atoms with E-state index in [1.165, 1.54) is 5.01 Å². The van der Waals surface area contributed by atoms with Gasteiger partial charge < -0.3 is 10.2 Å². The van der Waals surface area contributed by atoms with Gasteiger partial charge in [-0.2, -0.15) is 5.10 Å². The first-order valence-electron chi connectivity index (χ1n) is 9.49. The first-order valence-corrected chi connectivity index (χ1v) is 9.49. The number of nitrogens with one attached hydrogen (secondary N) is 1. The fourth-order valence-electron chi connectivity index (χ4n) is 3.51. The number of hydrogen-bond donors (Lipinski definition) is 1. The number of carbonyl (C=O) groups is 3. The molecule has 0 saturated carbocycles. The standard InChI is InChI=1S/C21H21N5O3/c1-25-19(27)8-7-18(24-25)21(29)26-11-9-14-5-6-16(12-15(14)13-26)23-20(28)17-4-2-3-10-22-17/h2-6,10,12H,7-9,11,13H2,1H3,(H,23,28). The molecule has 3 amide bonds. The monoisotopic (exact) mass is 391 g/mol. The summed E-state index contributed by atoms with van der Waals surface area (Å²) in [6.07, 6.45) is 2.97. The van der Waals surface area contributed by atoms with Crippen molar-refractivity contribution < 1.29 is 14.4 Å². The number of hydrogen-bond acceptors (Lipinski definition) is 5. The lowest BCUT2D eigenvalue weighted by atomic mass is 9.98. The van der Waals surface area contributed by atoms with Crippen molar-refractivity contribution in [3.8, 4) is 0 Å². The van der Waals surface area contributed by atoms with Crippen LogP contribution in [0, 0.1) is 0 Å². The first kappa shape index (κ1) is 18.8. The lowest BCUT2D eigenvalue weighted by Crippen LogP contribution is -2.42. The third-order valence-corrected chi connectivity index (χ3v) is 5.12. The van der Waals surface area contributed by atoms with Gasteiger partial charge in [0.25, 0.3) is 11.8 Å².